The maximum atomic E-state index is 12.2. The second-order valence-electron chi connectivity index (χ2n) is 4.81. The number of aromatic amines is 1. The van der Waals surface area contributed by atoms with Crippen molar-refractivity contribution >= 4 is 11.7 Å². The second kappa shape index (κ2) is 5.73. The molecule has 6 heteroatoms. The molecule has 3 heterocycles. The van der Waals surface area contributed by atoms with Crippen molar-refractivity contribution in [2.75, 3.05) is 31.1 Å². The second-order valence-corrected chi connectivity index (χ2v) is 4.81. The van der Waals surface area contributed by atoms with Gasteiger partial charge in [-0.25, -0.2) is 4.98 Å². The van der Waals surface area contributed by atoms with Crippen molar-refractivity contribution in [1.29, 1.82) is 0 Å². The molecule has 3 rings (SSSR count). The number of aromatic nitrogens is 3. The summed E-state index contributed by atoms with van der Waals surface area (Å²) >= 11 is 0. The molecule has 0 unspecified atom stereocenters. The molecule has 1 saturated heterocycles. The lowest BCUT2D eigenvalue weighted by Gasteiger charge is -2.35. The predicted octanol–water partition coefficient (Wildman–Crippen LogP) is 0.696. The Morgan fingerprint density at radius 2 is 2.00 bits per heavy atom. The molecule has 1 amide bonds. The van der Waals surface area contributed by atoms with Crippen LogP contribution in [-0.4, -0.2) is 52.2 Å². The van der Waals surface area contributed by atoms with Gasteiger partial charge in [0.15, 0.2) is 0 Å². The quantitative estimate of drug-likeness (QED) is 0.892. The van der Waals surface area contributed by atoms with E-state index in [4.69, 9.17) is 0 Å². The van der Waals surface area contributed by atoms with E-state index < -0.39 is 0 Å². The van der Waals surface area contributed by atoms with Gasteiger partial charge in [0, 0.05) is 44.3 Å². The van der Waals surface area contributed by atoms with E-state index in [-0.39, 0.29) is 5.91 Å². The number of carbonyl (C=O) groups excluding carboxylic acids is 1. The van der Waals surface area contributed by atoms with E-state index >= 15 is 0 Å². The fourth-order valence-electron chi connectivity index (χ4n) is 2.38. The summed E-state index contributed by atoms with van der Waals surface area (Å²) in [6.45, 7) is 3.13. The van der Waals surface area contributed by atoms with Crippen LogP contribution >= 0.6 is 0 Å². The van der Waals surface area contributed by atoms with Crippen LogP contribution in [0.15, 0.2) is 36.7 Å². The molecule has 0 atom stereocenters. The van der Waals surface area contributed by atoms with Gasteiger partial charge in [-0.1, -0.05) is 6.07 Å². The molecule has 1 aliphatic rings. The van der Waals surface area contributed by atoms with Crippen LogP contribution in [0.1, 0.15) is 5.69 Å². The number of rotatable bonds is 3. The van der Waals surface area contributed by atoms with Crippen LogP contribution in [0.4, 0.5) is 5.82 Å². The number of anilines is 1. The summed E-state index contributed by atoms with van der Waals surface area (Å²) in [5.41, 5.74) is 0.863. The van der Waals surface area contributed by atoms with Gasteiger partial charge in [0.05, 0.1) is 6.42 Å². The minimum atomic E-state index is 0.148. The van der Waals surface area contributed by atoms with Gasteiger partial charge in [-0.3, -0.25) is 9.89 Å². The average molecular weight is 271 g/mol. The lowest BCUT2D eigenvalue weighted by molar-refractivity contribution is -0.130. The minimum Gasteiger partial charge on any atom is -0.353 e. The number of pyridine rings is 1. The summed E-state index contributed by atoms with van der Waals surface area (Å²) < 4.78 is 0. The average Bonchev–Trinajstić information content (AvgIpc) is 3.01. The maximum Gasteiger partial charge on any atom is 0.228 e. The first-order valence-electron chi connectivity index (χ1n) is 6.75. The summed E-state index contributed by atoms with van der Waals surface area (Å²) in [6.07, 6.45) is 3.86. The highest BCUT2D eigenvalue weighted by molar-refractivity contribution is 5.78. The Morgan fingerprint density at radius 3 is 2.65 bits per heavy atom. The molecule has 20 heavy (non-hydrogen) atoms. The molecular weight excluding hydrogens is 254 g/mol. The Kier molecular flexibility index (Phi) is 3.62. The number of hydrogen-bond donors (Lipinski definition) is 1. The van der Waals surface area contributed by atoms with Gasteiger partial charge in [-0.15, -0.1) is 0 Å². The number of piperazine rings is 1. The van der Waals surface area contributed by atoms with Crippen molar-refractivity contribution < 1.29 is 4.79 Å². The van der Waals surface area contributed by atoms with E-state index in [1.807, 2.05) is 29.2 Å². The van der Waals surface area contributed by atoms with Gasteiger partial charge < -0.3 is 9.80 Å². The van der Waals surface area contributed by atoms with E-state index in [2.05, 4.69) is 20.1 Å². The Hall–Kier alpha value is -2.37. The van der Waals surface area contributed by atoms with Crippen LogP contribution in [0.25, 0.3) is 0 Å². The molecule has 0 aliphatic carbocycles. The molecular formula is C14H17N5O. The molecule has 6 nitrogen and oxygen atoms in total. The molecule has 0 radical (unpaired) electrons. The van der Waals surface area contributed by atoms with Gasteiger partial charge in [-0.05, 0) is 18.2 Å². The van der Waals surface area contributed by atoms with E-state index in [0.29, 0.717) is 6.42 Å². The fraction of sp³-hybridized carbons (Fsp3) is 0.357. The number of carbonyl (C=O) groups is 1. The molecule has 0 spiro atoms. The highest BCUT2D eigenvalue weighted by Crippen LogP contribution is 2.13. The van der Waals surface area contributed by atoms with E-state index in [1.165, 1.54) is 0 Å². The first-order chi connectivity index (χ1) is 9.83. The topological polar surface area (TPSA) is 65.1 Å². The number of nitrogens with one attached hydrogen (secondary N) is 1. The highest BCUT2D eigenvalue weighted by atomic mass is 16.2. The number of H-pyrrole nitrogens is 1. The predicted molar refractivity (Wildman–Crippen MR) is 75.3 cm³/mol. The third-order valence-electron chi connectivity index (χ3n) is 3.51. The number of hydrogen-bond acceptors (Lipinski definition) is 4. The summed E-state index contributed by atoms with van der Waals surface area (Å²) in [5.74, 6) is 1.13. The van der Waals surface area contributed by atoms with Crippen molar-refractivity contribution in [2.24, 2.45) is 0 Å². The number of nitrogens with zero attached hydrogens (tertiary/aromatic N) is 4. The van der Waals surface area contributed by atoms with Crippen LogP contribution < -0.4 is 4.90 Å². The highest BCUT2D eigenvalue weighted by Gasteiger charge is 2.21. The van der Waals surface area contributed by atoms with E-state index in [9.17, 15) is 4.79 Å². The Morgan fingerprint density at radius 1 is 1.15 bits per heavy atom. The summed E-state index contributed by atoms with van der Waals surface area (Å²) in [7, 11) is 0. The van der Waals surface area contributed by atoms with Crippen LogP contribution in [-0.2, 0) is 11.2 Å². The molecule has 0 aromatic carbocycles. The lowest BCUT2D eigenvalue weighted by Crippen LogP contribution is -2.49. The van der Waals surface area contributed by atoms with Gasteiger partial charge in [0.1, 0.15) is 5.82 Å². The lowest BCUT2D eigenvalue weighted by atomic mass is 10.2. The zero-order valence-corrected chi connectivity index (χ0v) is 11.2. The molecule has 2 aromatic heterocycles. The summed E-state index contributed by atoms with van der Waals surface area (Å²) in [4.78, 5) is 20.6. The Bertz CT molecular complexity index is 546. The van der Waals surface area contributed by atoms with Crippen molar-refractivity contribution in [3.8, 4) is 0 Å². The SMILES string of the molecule is O=C(Cc1ccn[nH]1)N1CCN(c2ccccn2)CC1. The largest absolute Gasteiger partial charge is 0.353 e. The van der Waals surface area contributed by atoms with Crippen molar-refractivity contribution in [2.45, 2.75) is 6.42 Å². The van der Waals surface area contributed by atoms with Gasteiger partial charge in [-0.2, -0.15) is 5.10 Å². The first kappa shape index (κ1) is 12.7. The zero-order valence-electron chi connectivity index (χ0n) is 11.2. The van der Waals surface area contributed by atoms with Crippen LogP contribution in [0.3, 0.4) is 0 Å². The molecule has 104 valence electrons. The molecule has 1 N–H and O–H groups in total. The van der Waals surface area contributed by atoms with Crippen LogP contribution in [0.5, 0.6) is 0 Å². The molecule has 2 aromatic rings. The summed E-state index contributed by atoms with van der Waals surface area (Å²) in [6, 6.07) is 7.73. The molecule has 0 saturated carbocycles. The third kappa shape index (κ3) is 2.79. The Labute approximate surface area is 117 Å². The third-order valence-corrected chi connectivity index (χ3v) is 3.51. The van der Waals surface area contributed by atoms with E-state index in [0.717, 1.165) is 37.7 Å². The first-order valence-corrected chi connectivity index (χ1v) is 6.75. The summed E-state index contributed by atoms with van der Waals surface area (Å²) in [5, 5.41) is 6.68. The van der Waals surface area contributed by atoms with Crippen molar-refractivity contribution in [1.82, 2.24) is 20.1 Å². The normalized spacial score (nSPS) is 15.4. The van der Waals surface area contributed by atoms with Crippen molar-refractivity contribution in [3.63, 3.8) is 0 Å². The van der Waals surface area contributed by atoms with Gasteiger partial charge >= 0.3 is 0 Å². The van der Waals surface area contributed by atoms with Gasteiger partial charge in [0.25, 0.3) is 0 Å². The fourth-order valence-corrected chi connectivity index (χ4v) is 2.38. The van der Waals surface area contributed by atoms with E-state index in [1.54, 1.807) is 12.4 Å². The number of amides is 1. The minimum absolute atomic E-state index is 0.148. The van der Waals surface area contributed by atoms with Crippen molar-refractivity contribution in [3.05, 3.63) is 42.4 Å². The Balaban J connectivity index is 1.54. The van der Waals surface area contributed by atoms with Gasteiger partial charge in [0.2, 0.25) is 5.91 Å². The monoisotopic (exact) mass is 271 g/mol. The van der Waals surface area contributed by atoms with Crippen LogP contribution in [0.2, 0.25) is 0 Å². The molecule has 1 fully saturated rings. The molecule has 0 bridgehead atoms. The standard InChI is InChI=1S/C14H17N5O/c20-14(11-12-4-6-16-17-12)19-9-7-18(8-10-19)13-3-1-2-5-15-13/h1-6H,7-11H2,(H,16,17). The molecule has 1 aliphatic heterocycles. The maximum absolute atomic E-state index is 12.2. The zero-order chi connectivity index (χ0) is 13.8. The van der Waals surface area contributed by atoms with Crippen LogP contribution in [0, 0.1) is 0 Å². The smallest absolute Gasteiger partial charge is 0.228 e.